The van der Waals surface area contributed by atoms with Crippen LogP contribution in [0.2, 0.25) is 0 Å². The number of nitrogens with zero attached hydrogens (tertiary/aromatic N) is 2. The molecule has 1 aromatic carbocycles. The summed E-state index contributed by atoms with van der Waals surface area (Å²) in [4.78, 5) is 4.08. The molecule has 0 aliphatic heterocycles. The van der Waals surface area contributed by atoms with Gasteiger partial charge in [-0.05, 0) is 24.1 Å². The van der Waals surface area contributed by atoms with Crippen LogP contribution in [0.15, 0.2) is 47.8 Å². The Morgan fingerprint density at radius 3 is 2.85 bits per heavy atom. The van der Waals surface area contributed by atoms with Crippen LogP contribution in [0, 0.1) is 0 Å². The molecule has 0 atom stereocenters. The number of rotatable bonds is 5. The summed E-state index contributed by atoms with van der Waals surface area (Å²) in [6.45, 7) is 0.0396. The van der Waals surface area contributed by atoms with Gasteiger partial charge in [-0.2, -0.15) is 0 Å². The van der Waals surface area contributed by atoms with Crippen molar-refractivity contribution in [1.29, 1.82) is 0 Å². The zero-order valence-corrected chi connectivity index (χ0v) is 10.7. The van der Waals surface area contributed by atoms with E-state index in [9.17, 15) is 0 Å². The molecule has 0 amide bonds. The molecule has 0 fully saturated rings. The normalized spacial score (nSPS) is 11.3. The predicted molar refractivity (Wildman–Crippen MR) is 74.1 cm³/mol. The van der Waals surface area contributed by atoms with Crippen molar-refractivity contribution in [2.45, 2.75) is 6.42 Å². The molecule has 1 aromatic heterocycles. The first-order chi connectivity index (χ1) is 9.74. The SMILES string of the molecule is N/C(=N/O)c1ccnc(Oc2ccccc2CCO)c1. The monoisotopic (exact) mass is 273 g/mol. The van der Waals surface area contributed by atoms with Crippen molar-refractivity contribution in [3.63, 3.8) is 0 Å². The van der Waals surface area contributed by atoms with E-state index in [-0.39, 0.29) is 12.4 Å². The molecule has 0 aliphatic carbocycles. The van der Waals surface area contributed by atoms with Gasteiger partial charge < -0.3 is 20.8 Å². The molecular weight excluding hydrogens is 258 g/mol. The Morgan fingerprint density at radius 2 is 2.10 bits per heavy atom. The number of hydrogen-bond donors (Lipinski definition) is 3. The molecule has 0 aliphatic rings. The molecule has 6 nitrogen and oxygen atoms in total. The average molecular weight is 273 g/mol. The Kier molecular flexibility index (Phi) is 4.52. The van der Waals surface area contributed by atoms with E-state index in [1.165, 1.54) is 6.20 Å². The Labute approximate surface area is 116 Å². The molecule has 2 rings (SSSR count). The fraction of sp³-hybridized carbons (Fsp3) is 0.143. The quantitative estimate of drug-likeness (QED) is 0.332. The standard InChI is InChI=1S/C14H15N3O3/c15-14(17-19)11-5-7-16-13(9-11)20-12-4-2-1-3-10(12)6-8-18/h1-5,7,9,18-19H,6,8H2,(H2,15,17). The number of aliphatic hydroxyl groups is 1. The number of aromatic nitrogens is 1. The maximum absolute atomic E-state index is 9.03. The summed E-state index contributed by atoms with van der Waals surface area (Å²) < 4.78 is 5.68. The molecule has 0 saturated carbocycles. The first-order valence-electron chi connectivity index (χ1n) is 6.05. The lowest BCUT2D eigenvalue weighted by Crippen LogP contribution is -2.13. The van der Waals surface area contributed by atoms with Gasteiger partial charge in [0.1, 0.15) is 5.75 Å². The predicted octanol–water partition coefficient (Wildman–Crippen LogP) is 1.50. The third-order valence-corrected chi connectivity index (χ3v) is 2.71. The first-order valence-corrected chi connectivity index (χ1v) is 6.05. The minimum absolute atomic E-state index is 0.0131. The molecule has 104 valence electrons. The third-order valence-electron chi connectivity index (χ3n) is 2.71. The van der Waals surface area contributed by atoms with Gasteiger partial charge in [0.25, 0.3) is 0 Å². The molecule has 20 heavy (non-hydrogen) atoms. The molecule has 0 bridgehead atoms. The fourth-order valence-corrected chi connectivity index (χ4v) is 1.73. The van der Waals surface area contributed by atoms with Crippen LogP contribution in [0.1, 0.15) is 11.1 Å². The molecule has 0 saturated heterocycles. The molecule has 0 spiro atoms. The minimum atomic E-state index is -0.0131. The van der Waals surface area contributed by atoms with E-state index in [2.05, 4.69) is 10.1 Å². The highest BCUT2D eigenvalue weighted by molar-refractivity contribution is 5.97. The van der Waals surface area contributed by atoms with E-state index in [1.807, 2.05) is 18.2 Å². The number of nitrogens with two attached hydrogens (primary N) is 1. The highest BCUT2D eigenvalue weighted by atomic mass is 16.5. The Balaban J connectivity index is 2.26. The lowest BCUT2D eigenvalue weighted by Gasteiger charge is -2.10. The molecule has 6 heteroatoms. The molecule has 0 unspecified atom stereocenters. The van der Waals surface area contributed by atoms with Crippen LogP contribution < -0.4 is 10.5 Å². The van der Waals surface area contributed by atoms with Gasteiger partial charge in [-0.15, -0.1) is 0 Å². The number of para-hydroxylation sites is 1. The summed E-state index contributed by atoms with van der Waals surface area (Å²) >= 11 is 0. The minimum Gasteiger partial charge on any atom is -0.439 e. The van der Waals surface area contributed by atoms with Gasteiger partial charge in [0, 0.05) is 24.4 Å². The van der Waals surface area contributed by atoms with Crippen molar-refractivity contribution in [3.05, 3.63) is 53.7 Å². The highest BCUT2D eigenvalue weighted by Gasteiger charge is 2.07. The van der Waals surface area contributed by atoms with Gasteiger partial charge in [0.05, 0.1) is 0 Å². The van der Waals surface area contributed by atoms with Crippen LogP contribution in [0.5, 0.6) is 11.6 Å². The van der Waals surface area contributed by atoms with Crippen molar-refractivity contribution in [3.8, 4) is 11.6 Å². The maximum atomic E-state index is 9.03. The lowest BCUT2D eigenvalue weighted by molar-refractivity contribution is 0.297. The number of amidine groups is 1. The van der Waals surface area contributed by atoms with E-state index in [1.54, 1.807) is 18.2 Å². The van der Waals surface area contributed by atoms with Gasteiger partial charge in [-0.1, -0.05) is 23.4 Å². The van der Waals surface area contributed by atoms with Crippen molar-refractivity contribution in [1.82, 2.24) is 4.98 Å². The van der Waals surface area contributed by atoms with Crippen LogP contribution in [0.3, 0.4) is 0 Å². The topological polar surface area (TPSA) is 101 Å². The number of oxime groups is 1. The molecule has 4 N–H and O–H groups in total. The van der Waals surface area contributed by atoms with E-state index in [0.717, 1.165) is 5.56 Å². The van der Waals surface area contributed by atoms with Crippen LogP contribution >= 0.6 is 0 Å². The second-order valence-electron chi connectivity index (χ2n) is 4.05. The van der Waals surface area contributed by atoms with E-state index in [4.69, 9.17) is 20.8 Å². The summed E-state index contributed by atoms with van der Waals surface area (Å²) in [6.07, 6.45) is 2.01. The van der Waals surface area contributed by atoms with Crippen molar-refractivity contribution >= 4 is 5.84 Å². The summed E-state index contributed by atoms with van der Waals surface area (Å²) in [7, 11) is 0. The van der Waals surface area contributed by atoms with E-state index < -0.39 is 0 Å². The summed E-state index contributed by atoms with van der Waals surface area (Å²) in [6, 6.07) is 10.6. The van der Waals surface area contributed by atoms with Gasteiger partial charge in [0.2, 0.25) is 5.88 Å². The Hall–Kier alpha value is -2.60. The van der Waals surface area contributed by atoms with Gasteiger partial charge in [-0.25, -0.2) is 4.98 Å². The first kappa shape index (κ1) is 13.8. The second-order valence-corrected chi connectivity index (χ2v) is 4.05. The van der Waals surface area contributed by atoms with Crippen LogP contribution in [0.4, 0.5) is 0 Å². The van der Waals surface area contributed by atoms with E-state index >= 15 is 0 Å². The lowest BCUT2D eigenvalue weighted by atomic mass is 10.1. The zero-order valence-electron chi connectivity index (χ0n) is 10.7. The van der Waals surface area contributed by atoms with Gasteiger partial charge >= 0.3 is 0 Å². The number of ether oxygens (including phenoxy) is 1. The zero-order chi connectivity index (χ0) is 14.4. The number of pyridine rings is 1. The maximum Gasteiger partial charge on any atom is 0.219 e. The Bertz CT molecular complexity index is 614. The molecule has 0 radical (unpaired) electrons. The van der Waals surface area contributed by atoms with Crippen molar-refractivity contribution in [2.75, 3.05) is 6.61 Å². The van der Waals surface area contributed by atoms with Crippen LogP contribution in [0.25, 0.3) is 0 Å². The number of aliphatic hydroxyl groups excluding tert-OH is 1. The molecule has 1 heterocycles. The summed E-state index contributed by atoms with van der Waals surface area (Å²) in [5, 5.41) is 20.6. The smallest absolute Gasteiger partial charge is 0.219 e. The highest BCUT2D eigenvalue weighted by Crippen LogP contribution is 2.24. The second kappa shape index (κ2) is 6.53. The van der Waals surface area contributed by atoms with Crippen molar-refractivity contribution in [2.24, 2.45) is 10.9 Å². The Morgan fingerprint density at radius 1 is 1.30 bits per heavy atom. The largest absolute Gasteiger partial charge is 0.439 e. The summed E-state index contributed by atoms with van der Waals surface area (Å²) in [5.74, 6) is 0.936. The van der Waals surface area contributed by atoms with Crippen molar-refractivity contribution < 1.29 is 15.1 Å². The van der Waals surface area contributed by atoms with Gasteiger partial charge in [-0.3, -0.25) is 0 Å². The van der Waals surface area contributed by atoms with Gasteiger partial charge in [0.15, 0.2) is 5.84 Å². The van der Waals surface area contributed by atoms with Crippen LogP contribution in [-0.4, -0.2) is 27.7 Å². The average Bonchev–Trinajstić information content (AvgIpc) is 2.49. The third kappa shape index (κ3) is 3.24. The van der Waals surface area contributed by atoms with E-state index in [0.29, 0.717) is 23.6 Å². The number of hydrogen-bond acceptors (Lipinski definition) is 5. The molecular formula is C14H15N3O3. The number of benzene rings is 1. The summed E-state index contributed by atoms with van der Waals surface area (Å²) in [5.41, 5.74) is 6.91. The fourth-order valence-electron chi connectivity index (χ4n) is 1.73. The molecule has 2 aromatic rings. The van der Waals surface area contributed by atoms with Crippen LogP contribution in [-0.2, 0) is 6.42 Å².